The summed E-state index contributed by atoms with van der Waals surface area (Å²) in [5.74, 6) is -0.647. The minimum Gasteiger partial charge on any atom is -0.406 e. The normalized spacial score (nSPS) is 12.8. The first-order chi connectivity index (χ1) is 13.1. The summed E-state index contributed by atoms with van der Waals surface area (Å²) in [4.78, 5) is 28.6. The summed E-state index contributed by atoms with van der Waals surface area (Å²) in [6.07, 6.45) is -3.26. The highest BCUT2D eigenvalue weighted by atomic mass is 19.4. The number of halogens is 3. The van der Waals surface area contributed by atoms with Crippen molar-refractivity contribution in [3.63, 3.8) is 0 Å². The maximum Gasteiger partial charge on any atom is 0.573 e. The number of hydrogen-bond donors (Lipinski definition) is 1. The molecule has 2 heterocycles. The van der Waals surface area contributed by atoms with Crippen molar-refractivity contribution in [2.45, 2.75) is 32.8 Å². The number of amides is 1. The predicted molar refractivity (Wildman–Crippen MR) is 91.7 cm³/mol. The number of benzene rings is 1. The molecule has 11 heteroatoms. The van der Waals surface area contributed by atoms with E-state index >= 15 is 0 Å². The van der Waals surface area contributed by atoms with Gasteiger partial charge >= 0.3 is 12.1 Å². The molecule has 0 saturated heterocycles. The molecule has 1 atom stereocenters. The molecule has 8 nitrogen and oxygen atoms in total. The maximum absolute atomic E-state index is 12.3. The van der Waals surface area contributed by atoms with Crippen LogP contribution in [0.2, 0.25) is 0 Å². The van der Waals surface area contributed by atoms with Gasteiger partial charge in [0.05, 0.1) is 6.04 Å². The lowest BCUT2D eigenvalue weighted by atomic mass is 10.1. The van der Waals surface area contributed by atoms with Crippen molar-refractivity contribution in [2.75, 3.05) is 0 Å². The Labute approximate surface area is 156 Å². The van der Waals surface area contributed by atoms with Crippen LogP contribution in [0, 0.1) is 6.92 Å². The van der Waals surface area contributed by atoms with Gasteiger partial charge in [-0.2, -0.15) is 0 Å². The van der Waals surface area contributed by atoms with Crippen molar-refractivity contribution in [3.05, 3.63) is 58.3 Å². The lowest BCUT2D eigenvalue weighted by Gasteiger charge is -2.15. The van der Waals surface area contributed by atoms with Crippen LogP contribution in [-0.4, -0.2) is 31.4 Å². The molecule has 0 aliphatic rings. The second-order valence-corrected chi connectivity index (χ2v) is 6.07. The van der Waals surface area contributed by atoms with Crippen LogP contribution in [0.4, 0.5) is 13.2 Å². The minimum atomic E-state index is -4.77. The molecule has 1 aromatic carbocycles. The molecule has 28 heavy (non-hydrogen) atoms. The van der Waals surface area contributed by atoms with Gasteiger partial charge in [0.2, 0.25) is 5.91 Å². The number of hydrogen-bond acceptors (Lipinski definition) is 5. The molecule has 0 bridgehead atoms. The van der Waals surface area contributed by atoms with Crippen LogP contribution >= 0.6 is 0 Å². The van der Waals surface area contributed by atoms with Crippen molar-refractivity contribution in [3.8, 4) is 5.75 Å². The Balaban J connectivity index is 1.67. The monoisotopic (exact) mass is 395 g/mol. The third-order valence-electron chi connectivity index (χ3n) is 3.97. The van der Waals surface area contributed by atoms with Gasteiger partial charge in [0.15, 0.2) is 0 Å². The van der Waals surface area contributed by atoms with E-state index in [4.69, 9.17) is 0 Å². The summed E-state index contributed by atoms with van der Waals surface area (Å²) in [5, 5.41) is 6.68. The van der Waals surface area contributed by atoms with Crippen LogP contribution in [-0.2, 0) is 11.3 Å². The van der Waals surface area contributed by atoms with Gasteiger partial charge in [-0.25, -0.2) is 18.9 Å². The standard InChI is InChI=1S/C17H16F3N5O3/c1-10-7-8-21-15-23-24(16(27)25(10)15)9-14(26)22-11(2)12-3-5-13(6-4-12)28-17(18,19)20/h3-8,11H,9H2,1-2H3,(H,22,26)/t11-/m0/s1. The van der Waals surface area contributed by atoms with E-state index < -0.39 is 24.0 Å². The topological polar surface area (TPSA) is 90.5 Å². The molecule has 3 rings (SSSR count). The zero-order valence-electron chi connectivity index (χ0n) is 14.9. The molecule has 0 spiro atoms. The molecule has 0 fully saturated rings. The van der Waals surface area contributed by atoms with E-state index in [9.17, 15) is 22.8 Å². The van der Waals surface area contributed by atoms with Crippen LogP contribution in [0.25, 0.3) is 5.78 Å². The lowest BCUT2D eigenvalue weighted by Crippen LogP contribution is -2.34. The fourth-order valence-electron chi connectivity index (χ4n) is 2.64. The number of aryl methyl sites for hydroxylation is 1. The van der Waals surface area contributed by atoms with E-state index in [2.05, 4.69) is 20.1 Å². The summed E-state index contributed by atoms with van der Waals surface area (Å²) in [6.45, 7) is 3.06. The molecular weight excluding hydrogens is 379 g/mol. The van der Waals surface area contributed by atoms with Crippen molar-refractivity contribution in [1.29, 1.82) is 0 Å². The van der Waals surface area contributed by atoms with Crippen LogP contribution in [0.1, 0.15) is 24.2 Å². The number of rotatable bonds is 5. The van der Waals surface area contributed by atoms with E-state index in [1.807, 2.05) is 0 Å². The summed E-state index contributed by atoms with van der Waals surface area (Å²) >= 11 is 0. The van der Waals surface area contributed by atoms with E-state index in [1.165, 1.54) is 22.7 Å². The smallest absolute Gasteiger partial charge is 0.406 e. The van der Waals surface area contributed by atoms with Gasteiger partial charge in [0.1, 0.15) is 12.3 Å². The van der Waals surface area contributed by atoms with Crippen LogP contribution in [0.3, 0.4) is 0 Å². The van der Waals surface area contributed by atoms with E-state index in [1.54, 1.807) is 19.9 Å². The molecule has 0 radical (unpaired) electrons. The van der Waals surface area contributed by atoms with Crippen molar-refractivity contribution < 1.29 is 22.7 Å². The third-order valence-corrected chi connectivity index (χ3v) is 3.97. The quantitative estimate of drug-likeness (QED) is 0.714. The fraction of sp³-hybridized carbons (Fsp3) is 0.294. The van der Waals surface area contributed by atoms with Crippen molar-refractivity contribution in [2.24, 2.45) is 0 Å². The number of carbonyl (C=O) groups is 1. The van der Waals surface area contributed by atoms with Crippen LogP contribution in [0.15, 0.2) is 41.3 Å². The highest BCUT2D eigenvalue weighted by Gasteiger charge is 2.31. The molecule has 148 valence electrons. The zero-order valence-corrected chi connectivity index (χ0v) is 14.9. The van der Waals surface area contributed by atoms with Crippen molar-refractivity contribution >= 4 is 11.7 Å². The highest BCUT2D eigenvalue weighted by molar-refractivity contribution is 5.76. The number of nitrogens with zero attached hydrogens (tertiary/aromatic N) is 4. The van der Waals surface area contributed by atoms with Crippen LogP contribution < -0.4 is 15.7 Å². The van der Waals surface area contributed by atoms with Gasteiger partial charge in [0.25, 0.3) is 5.78 Å². The number of alkyl halides is 3. The Morgan fingerprint density at radius 2 is 1.93 bits per heavy atom. The first-order valence-electron chi connectivity index (χ1n) is 8.20. The predicted octanol–water partition coefficient (Wildman–Crippen LogP) is 1.98. The average Bonchev–Trinajstić information content (AvgIpc) is 2.91. The minimum absolute atomic E-state index is 0.186. The number of fused-ring (bicyclic) bond motifs is 1. The zero-order chi connectivity index (χ0) is 20.5. The number of aromatic nitrogens is 4. The summed E-state index contributed by atoms with van der Waals surface area (Å²) in [6, 6.07) is 6.29. The number of nitrogens with one attached hydrogen (secondary N) is 1. The molecule has 3 aromatic rings. The first kappa shape index (κ1) is 19.4. The molecule has 2 aromatic heterocycles. The molecule has 0 aliphatic carbocycles. The van der Waals surface area contributed by atoms with Gasteiger partial charge in [-0.05, 0) is 37.6 Å². The molecule has 1 N–H and O–H groups in total. The second kappa shape index (κ2) is 7.33. The third kappa shape index (κ3) is 4.30. The van der Waals surface area contributed by atoms with Gasteiger partial charge in [-0.15, -0.1) is 18.3 Å². The maximum atomic E-state index is 12.3. The highest BCUT2D eigenvalue weighted by Crippen LogP contribution is 2.24. The van der Waals surface area contributed by atoms with Gasteiger partial charge in [0, 0.05) is 11.9 Å². The van der Waals surface area contributed by atoms with E-state index in [0.717, 1.165) is 16.8 Å². The average molecular weight is 395 g/mol. The molecule has 0 unspecified atom stereocenters. The Morgan fingerprint density at radius 1 is 1.25 bits per heavy atom. The van der Waals surface area contributed by atoms with Gasteiger partial charge < -0.3 is 10.1 Å². The largest absolute Gasteiger partial charge is 0.573 e. The number of carbonyl (C=O) groups excluding carboxylic acids is 1. The van der Waals surface area contributed by atoms with Crippen LogP contribution in [0.5, 0.6) is 5.75 Å². The summed E-state index contributed by atoms with van der Waals surface area (Å²) in [7, 11) is 0. The molecular formula is C17H16F3N5O3. The summed E-state index contributed by atoms with van der Waals surface area (Å²) in [5.41, 5.74) is 0.719. The molecule has 1 amide bonds. The van der Waals surface area contributed by atoms with Crippen molar-refractivity contribution in [1.82, 2.24) is 24.5 Å². The molecule has 0 saturated carbocycles. The Bertz CT molecular complexity index is 1060. The van der Waals surface area contributed by atoms with E-state index in [0.29, 0.717) is 11.3 Å². The van der Waals surface area contributed by atoms with Gasteiger partial charge in [-0.1, -0.05) is 12.1 Å². The number of ether oxygens (including phenoxy) is 1. The molecule has 0 aliphatic heterocycles. The Hall–Kier alpha value is -3.37. The second-order valence-electron chi connectivity index (χ2n) is 6.07. The Kier molecular flexibility index (Phi) is 5.08. The van der Waals surface area contributed by atoms with E-state index in [-0.39, 0.29) is 18.1 Å². The van der Waals surface area contributed by atoms with Gasteiger partial charge in [-0.3, -0.25) is 4.79 Å². The Morgan fingerprint density at radius 3 is 2.54 bits per heavy atom. The summed E-state index contributed by atoms with van der Waals surface area (Å²) < 4.78 is 42.7. The first-order valence-corrected chi connectivity index (χ1v) is 8.20. The lowest BCUT2D eigenvalue weighted by molar-refractivity contribution is -0.274. The fourth-order valence-corrected chi connectivity index (χ4v) is 2.64. The SMILES string of the molecule is Cc1ccnc2nn(CC(=O)N[C@@H](C)c3ccc(OC(F)(F)F)cc3)c(=O)n12.